The molecule has 31 heavy (non-hydrogen) atoms. The number of thiophene rings is 1. The summed E-state index contributed by atoms with van der Waals surface area (Å²) in [5.74, 6) is -0.194. The van der Waals surface area contributed by atoms with E-state index in [1.54, 1.807) is 13.0 Å². The molecule has 0 bridgehead atoms. The fourth-order valence-electron chi connectivity index (χ4n) is 3.24. The van der Waals surface area contributed by atoms with Gasteiger partial charge in [-0.3, -0.25) is 9.59 Å². The number of hydrogen-bond acceptors (Lipinski definition) is 5. The molecular weight excluding hydrogens is 450 g/mol. The van der Waals surface area contributed by atoms with Crippen molar-refractivity contribution in [2.45, 2.75) is 31.2 Å². The van der Waals surface area contributed by atoms with E-state index in [1.165, 1.54) is 23.1 Å². The number of aromatic amines is 1. The minimum Gasteiger partial charge on any atom is -0.325 e. The van der Waals surface area contributed by atoms with Crippen LogP contribution in [0.2, 0.25) is 5.02 Å². The SMILES string of the molecule is Cc1ccc(NC(=O)C(C)Sc2nc3sc(C)c(-c4ccccc4)c3c(=O)[nH]2)cc1Cl. The van der Waals surface area contributed by atoms with E-state index in [-0.39, 0.29) is 11.5 Å². The molecule has 1 atom stereocenters. The largest absolute Gasteiger partial charge is 0.325 e. The van der Waals surface area contributed by atoms with Crippen molar-refractivity contribution >= 4 is 56.5 Å². The van der Waals surface area contributed by atoms with Gasteiger partial charge in [0.05, 0.1) is 10.6 Å². The standard InChI is InChI=1S/C23H20ClN3O2S2/c1-12-9-10-16(11-17(12)24)25-20(28)14(3)31-23-26-21(29)19-18(13(2)30-22(19)27-23)15-7-5-4-6-8-15/h4-11,14H,1-3H3,(H,25,28)(H,26,27,29). The number of hydrogen-bond donors (Lipinski definition) is 2. The average Bonchev–Trinajstić information content (AvgIpc) is 3.07. The predicted molar refractivity (Wildman–Crippen MR) is 131 cm³/mol. The molecule has 0 aliphatic rings. The van der Waals surface area contributed by atoms with Gasteiger partial charge in [0.25, 0.3) is 5.56 Å². The summed E-state index contributed by atoms with van der Waals surface area (Å²) in [4.78, 5) is 34.7. The van der Waals surface area contributed by atoms with Crippen LogP contribution in [0, 0.1) is 13.8 Å². The second-order valence-electron chi connectivity index (χ2n) is 7.16. The zero-order chi connectivity index (χ0) is 22.1. The van der Waals surface area contributed by atoms with Gasteiger partial charge in [-0.2, -0.15) is 0 Å². The zero-order valence-corrected chi connectivity index (χ0v) is 19.5. The topological polar surface area (TPSA) is 74.8 Å². The minimum atomic E-state index is -0.463. The number of fused-ring (bicyclic) bond motifs is 1. The van der Waals surface area contributed by atoms with Crippen LogP contribution >= 0.6 is 34.7 Å². The molecule has 0 saturated carbocycles. The van der Waals surface area contributed by atoms with E-state index in [9.17, 15) is 9.59 Å². The Kier molecular flexibility index (Phi) is 6.18. The van der Waals surface area contributed by atoms with E-state index >= 15 is 0 Å². The van der Waals surface area contributed by atoms with Crippen molar-refractivity contribution < 1.29 is 4.79 Å². The molecule has 5 nitrogen and oxygen atoms in total. The molecule has 0 radical (unpaired) electrons. The van der Waals surface area contributed by atoms with Crippen LogP contribution < -0.4 is 10.9 Å². The van der Waals surface area contributed by atoms with Crippen LogP contribution in [-0.4, -0.2) is 21.1 Å². The number of amides is 1. The molecule has 1 unspecified atom stereocenters. The summed E-state index contributed by atoms with van der Waals surface area (Å²) in [7, 11) is 0. The Morgan fingerprint density at radius 1 is 1.19 bits per heavy atom. The third-order valence-corrected chi connectivity index (χ3v) is 7.27. The number of H-pyrrole nitrogens is 1. The van der Waals surface area contributed by atoms with E-state index in [0.717, 1.165) is 21.6 Å². The van der Waals surface area contributed by atoms with Gasteiger partial charge in [0.1, 0.15) is 4.83 Å². The second-order valence-corrected chi connectivity index (χ2v) is 10.1. The fraction of sp³-hybridized carbons (Fsp3) is 0.174. The van der Waals surface area contributed by atoms with Crippen molar-refractivity contribution in [1.29, 1.82) is 0 Å². The van der Waals surface area contributed by atoms with Crippen LogP contribution in [-0.2, 0) is 4.79 Å². The van der Waals surface area contributed by atoms with Crippen LogP contribution in [0.3, 0.4) is 0 Å². The molecule has 0 spiro atoms. The highest BCUT2D eigenvalue weighted by Gasteiger charge is 2.20. The highest BCUT2D eigenvalue weighted by molar-refractivity contribution is 8.00. The number of benzene rings is 2. The summed E-state index contributed by atoms with van der Waals surface area (Å²) in [6, 6.07) is 15.2. The van der Waals surface area contributed by atoms with Gasteiger partial charge in [-0.05, 0) is 44.0 Å². The van der Waals surface area contributed by atoms with Gasteiger partial charge >= 0.3 is 0 Å². The molecule has 2 heterocycles. The maximum atomic E-state index is 12.9. The Labute approximate surface area is 192 Å². The molecular formula is C23H20ClN3O2S2. The van der Waals surface area contributed by atoms with Gasteiger partial charge in [-0.25, -0.2) is 4.98 Å². The number of carbonyl (C=O) groups excluding carboxylic acids is 1. The Bertz CT molecular complexity index is 1330. The van der Waals surface area contributed by atoms with Gasteiger partial charge in [0.2, 0.25) is 5.91 Å². The molecule has 0 aliphatic heterocycles. The second kappa shape index (κ2) is 8.86. The smallest absolute Gasteiger partial charge is 0.260 e. The van der Waals surface area contributed by atoms with Gasteiger partial charge < -0.3 is 10.3 Å². The number of aromatic nitrogens is 2. The lowest BCUT2D eigenvalue weighted by Gasteiger charge is -2.12. The van der Waals surface area contributed by atoms with E-state index in [0.29, 0.717) is 26.1 Å². The lowest BCUT2D eigenvalue weighted by molar-refractivity contribution is -0.115. The summed E-state index contributed by atoms with van der Waals surface area (Å²) in [5, 5.41) is 3.99. The molecule has 2 N–H and O–H groups in total. The van der Waals surface area contributed by atoms with Crippen molar-refractivity contribution in [3.63, 3.8) is 0 Å². The first-order valence-corrected chi connectivity index (χ1v) is 11.7. The monoisotopic (exact) mass is 469 g/mol. The quantitative estimate of drug-likeness (QED) is 0.276. The molecule has 8 heteroatoms. The number of halogens is 1. The van der Waals surface area contributed by atoms with Crippen molar-refractivity contribution in [3.8, 4) is 11.1 Å². The number of thioether (sulfide) groups is 1. The van der Waals surface area contributed by atoms with Crippen LogP contribution in [0.25, 0.3) is 21.3 Å². The minimum absolute atomic E-state index is 0.194. The highest BCUT2D eigenvalue weighted by Crippen LogP contribution is 2.36. The van der Waals surface area contributed by atoms with E-state index < -0.39 is 5.25 Å². The van der Waals surface area contributed by atoms with Gasteiger partial charge in [0.15, 0.2) is 5.16 Å². The first-order valence-electron chi connectivity index (χ1n) is 9.66. The number of aryl methyl sites for hydroxylation is 2. The molecule has 4 rings (SSSR count). The number of rotatable bonds is 5. The molecule has 158 valence electrons. The van der Waals surface area contributed by atoms with E-state index in [2.05, 4.69) is 15.3 Å². The van der Waals surface area contributed by atoms with Gasteiger partial charge in [-0.1, -0.05) is 59.8 Å². The molecule has 0 saturated heterocycles. The number of anilines is 1. The lowest BCUT2D eigenvalue weighted by Crippen LogP contribution is -2.23. The first kappa shape index (κ1) is 21.6. The fourth-order valence-corrected chi connectivity index (χ4v) is 5.32. The Hall–Kier alpha value is -2.61. The van der Waals surface area contributed by atoms with E-state index in [4.69, 9.17) is 11.6 Å². The Morgan fingerprint density at radius 3 is 2.65 bits per heavy atom. The van der Waals surface area contributed by atoms with Gasteiger partial charge in [-0.15, -0.1) is 11.3 Å². The summed E-state index contributed by atoms with van der Waals surface area (Å²) >= 11 is 8.83. The molecule has 4 aromatic rings. The number of nitrogens with zero attached hydrogens (tertiary/aromatic N) is 1. The molecule has 1 amide bonds. The number of nitrogens with one attached hydrogen (secondary N) is 2. The Balaban J connectivity index is 1.58. The Morgan fingerprint density at radius 2 is 1.94 bits per heavy atom. The van der Waals surface area contributed by atoms with Crippen molar-refractivity contribution in [3.05, 3.63) is 74.3 Å². The van der Waals surface area contributed by atoms with Crippen molar-refractivity contribution in [2.75, 3.05) is 5.32 Å². The highest BCUT2D eigenvalue weighted by atomic mass is 35.5. The maximum absolute atomic E-state index is 12.9. The van der Waals surface area contributed by atoms with E-state index in [1.807, 2.05) is 56.3 Å². The van der Waals surface area contributed by atoms with Crippen molar-refractivity contribution in [2.24, 2.45) is 0 Å². The van der Waals surface area contributed by atoms with Crippen LogP contribution in [0.5, 0.6) is 0 Å². The first-order chi connectivity index (χ1) is 14.8. The summed E-state index contributed by atoms with van der Waals surface area (Å²) in [5.41, 5.74) is 3.27. The van der Waals surface area contributed by atoms with Crippen LogP contribution in [0.15, 0.2) is 58.5 Å². The maximum Gasteiger partial charge on any atom is 0.260 e. The predicted octanol–water partition coefficient (Wildman–Crippen LogP) is 6.04. The summed E-state index contributed by atoms with van der Waals surface area (Å²) in [6.45, 7) is 5.67. The lowest BCUT2D eigenvalue weighted by atomic mass is 10.0. The third kappa shape index (κ3) is 4.54. The molecule has 2 aromatic carbocycles. The molecule has 0 fully saturated rings. The average molecular weight is 470 g/mol. The van der Waals surface area contributed by atoms with Crippen molar-refractivity contribution in [1.82, 2.24) is 9.97 Å². The zero-order valence-electron chi connectivity index (χ0n) is 17.2. The summed E-state index contributed by atoms with van der Waals surface area (Å²) < 4.78 is 0. The normalized spacial score (nSPS) is 12.1. The molecule has 2 aromatic heterocycles. The summed E-state index contributed by atoms with van der Waals surface area (Å²) in [6.07, 6.45) is 0. The third-order valence-electron chi connectivity index (χ3n) is 4.88. The van der Waals surface area contributed by atoms with Crippen LogP contribution in [0.4, 0.5) is 5.69 Å². The number of carbonyl (C=O) groups is 1. The molecule has 0 aliphatic carbocycles. The van der Waals surface area contributed by atoms with Crippen LogP contribution in [0.1, 0.15) is 17.4 Å². The van der Waals surface area contributed by atoms with Gasteiger partial charge in [0, 0.05) is 21.2 Å².